The predicted molar refractivity (Wildman–Crippen MR) is 77.7 cm³/mol. The van der Waals surface area contributed by atoms with E-state index in [0.717, 1.165) is 19.0 Å². The number of nitrogens with one attached hydrogen (secondary N) is 1. The number of rotatable bonds is 5. The Morgan fingerprint density at radius 3 is 3.05 bits per heavy atom. The normalized spacial score (nSPS) is 16.8. The fourth-order valence-electron chi connectivity index (χ4n) is 2.99. The summed E-state index contributed by atoms with van der Waals surface area (Å²) in [5.41, 5.74) is 1.20. The molecule has 2 aromatic heterocycles. The van der Waals surface area contributed by atoms with Crippen molar-refractivity contribution in [2.24, 2.45) is 5.92 Å². The third kappa shape index (κ3) is 2.93. The van der Waals surface area contributed by atoms with E-state index in [4.69, 9.17) is 4.42 Å². The maximum atomic E-state index is 11.8. The fourth-order valence-corrected chi connectivity index (χ4v) is 2.99. The molecule has 1 saturated carbocycles. The van der Waals surface area contributed by atoms with E-state index in [2.05, 4.69) is 10.3 Å². The molecule has 0 bridgehead atoms. The highest BCUT2D eigenvalue weighted by Crippen LogP contribution is 2.22. The number of hydrogen-bond donors (Lipinski definition) is 1. The number of aromatic nitrogens is 2. The molecule has 1 aliphatic rings. The van der Waals surface area contributed by atoms with Gasteiger partial charge in [-0.1, -0.05) is 19.3 Å². The Morgan fingerprint density at radius 2 is 2.20 bits per heavy atom. The summed E-state index contributed by atoms with van der Waals surface area (Å²) in [5.74, 6) is 0.484. The van der Waals surface area contributed by atoms with Crippen molar-refractivity contribution in [3.63, 3.8) is 0 Å². The fraction of sp³-hybridized carbons (Fsp3) is 0.600. The first-order valence-electron chi connectivity index (χ1n) is 7.49. The molecule has 1 fully saturated rings. The summed E-state index contributed by atoms with van der Waals surface area (Å²) in [6.07, 6.45) is 8.47. The molecule has 3 rings (SSSR count). The average Bonchev–Trinajstić information content (AvgIpc) is 2.80. The summed E-state index contributed by atoms with van der Waals surface area (Å²) in [5, 5.41) is 3.46. The topological polar surface area (TPSA) is 60.1 Å². The van der Waals surface area contributed by atoms with Crippen molar-refractivity contribution in [1.82, 2.24) is 14.9 Å². The lowest BCUT2D eigenvalue weighted by molar-refractivity contribution is 0.340. The molecular weight excluding hydrogens is 254 g/mol. The molecule has 108 valence electrons. The Balaban J connectivity index is 1.54. The van der Waals surface area contributed by atoms with E-state index in [-0.39, 0.29) is 5.76 Å². The van der Waals surface area contributed by atoms with E-state index in [1.54, 1.807) is 22.9 Å². The predicted octanol–water partition coefficient (Wildman–Crippen LogP) is 2.16. The quantitative estimate of drug-likeness (QED) is 0.849. The van der Waals surface area contributed by atoms with Crippen molar-refractivity contribution in [3.05, 3.63) is 28.9 Å². The van der Waals surface area contributed by atoms with Gasteiger partial charge in [0.1, 0.15) is 0 Å². The van der Waals surface area contributed by atoms with Crippen molar-refractivity contribution in [1.29, 1.82) is 0 Å². The van der Waals surface area contributed by atoms with Gasteiger partial charge in [-0.15, -0.1) is 0 Å². The van der Waals surface area contributed by atoms with Gasteiger partial charge in [0.05, 0.1) is 0 Å². The van der Waals surface area contributed by atoms with Crippen molar-refractivity contribution >= 4 is 11.2 Å². The maximum absolute atomic E-state index is 11.8. The van der Waals surface area contributed by atoms with Crippen molar-refractivity contribution in [2.45, 2.75) is 38.6 Å². The van der Waals surface area contributed by atoms with Gasteiger partial charge in [-0.25, -0.2) is 9.78 Å². The van der Waals surface area contributed by atoms with Crippen LogP contribution in [0.25, 0.3) is 11.2 Å². The van der Waals surface area contributed by atoms with Gasteiger partial charge in [-0.3, -0.25) is 4.57 Å². The summed E-state index contributed by atoms with van der Waals surface area (Å²) >= 11 is 0. The number of pyridine rings is 1. The van der Waals surface area contributed by atoms with Gasteiger partial charge in [-0.2, -0.15) is 0 Å². The molecule has 0 spiro atoms. The van der Waals surface area contributed by atoms with Crippen LogP contribution < -0.4 is 11.1 Å². The third-order valence-electron chi connectivity index (χ3n) is 4.09. The van der Waals surface area contributed by atoms with Crippen molar-refractivity contribution < 1.29 is 4.42 Å². The highest BCUT2D eigenvalue weighted by Gasteiger charge is 2.13. The van der Waals surface area contributed by atoms with E-state index in [1.165, 1.54) is 32.1 Å². The number of hydrogen-bond acceptors (Lipinski definition) is 4. The Hall–Kier alpha value is -1.62. The Labute approximate surface area is 118 Å². The minimum absolute atomic E-state index is 0.321. The van der Waals surface area contributed by atoms with E-state index in [0.29, 0.717) is 17.8 Å². The van der Waals surface area contributed by atoms with Crippen LogP contribution in [0.4, 0.5) is 0 Å². The van der Waals surface area contributed by atoms with E-state index in [9.17, 15) is 4.79 Å². The Kier molecular flexibility index (Phi) is 4.16. The summed E-state index contributed by atoms with van der Waals surface area (Å²) < 4.78 is 6.76. The van der Waals surface area contributed by atoms with Gasteiger partial charge in [0.15, 0.2) is 11.2 Å². The smallest absolute Gasteiger partial charge is 0.406 e. The largest absolute Gasteiger partial charge is 0.421 e. The summed E-state index contributed by atoms with van der Waals surface area (Å²) in [4.78, 5) is 16.0. The van der Waals surface area contributed by atoms with E-state index in [1.807, 2.05) is 0 Å². The molecule has 0 unspecified atom stereocenters. The number of oxazole rings is 1. The van der Waals surface area contributed by atoms with Crippen LogP contribution in [0.2, 0.25) is 0 Å². The highest BCUT2D eigenvalue weighted by atomic mass is 16.4. The minimum atomic E-state index is -0.321. The van der Waals surface area contributed by atoms with E-state index >= 15 is 0 Å². The van der Waals surface area contributed by atoms with Crippen LogP contribution in [-0.4, -0.2) is 22.6 Å². The second kappa shape index (κ2) is 6.22. The van der Waals surface area contributed by atoms with Crippen molar-refractivity contribution in [3.8, 4) is 0 Å². The lowest BCUT2D eigenvalue weighted by atomic mass is 9.89. The second-order valence-corrected chi connectivity index (χ2v) is 5.55. The molecule has 2 heterocycles. The lowest BCUT2D eigenvalue weighted by Crippen LogP contribution is -2.29. The third-order valence-corrected chi connectivity index (χ3v) is 4.09. The van der Waals surface area contributed by atoms with Gasteiger partial charge >= 0.3 is 5.76 Å². The van der Waals surface area contributed by atoms with Crippen LogP contribution in [0, 0.1) is 5.92 Å². The van der Waals surface area contributed by atoms with Crippen LogP contribution in [0.1, 0.15) is 32.1 Å². The van der Waals surface area contributed by atoms with E-state index < -0.39 is 0 Å². The van der Waals surface area contributed by atoms with Crippen LogP contribution in [0.15, 0.2) is 27.5 Å². The van der Waals surface area contributed by atoms with Gasteiger partial charge < -0.3 is 9.73 Å². The molecule has 0 saturated heterocycles. The van der Waals surface area contributed by atoms with Gasteiger partial charge in [0.2, 0.25) is 0 Å². The second-order valence-electron chi connectivity index (χ2n) is 5.55. The molecule has 0 atom stereocenters. The number of nitrogens with zero attached hydrogens (tertiary/aromatic N) is 2. The average molecular weight is 275 g/mol. The first kappa shape index (κ1) is 13.4. The SMILES string of the molecule is O=c1oc2cccnc2n1CCNCC1CCCCC1. The van der Waals surface area contributed by atoms with Gasteiger partial charge in [0.25, 0.3) is 0 Å². The molecule has 1 N–H and O–H groups in total. The summed E-state index contributed by atoms with van der Waals surface area (Å²) in [6, 6.07) is 3.55. The van der Waals surface area contributed by atoms with Crippen LogP contribution in [0.3, 0.4) is 0 Å². The van der Waals surface area contributed by atoms with Crippen LogP contribution in [-0.2, 0) is 6.54 Å². The first-order valence-corrected chi connectivity index (χ1v) is 7.49. The summed E-state index contributed by atoms with van der Waals surface area (Å²) in [7, 11) is 0. The Morgan fingerprint density at radius 1 is 1.35 bits per heavy atom. The first-order chi connectivity index (χ1) is 9.84. The van der Waals surface area contributed by atoms with Crippen LogP contribution in [0.5, 0.6) is 0 Å². The zero-order chi connectivity index (χ0) is 13.8. The molecule has 2 aromatic rings. The monoisotopic (exact) mass is 275 g/mol. The molecule has 1 aliphatic carbocycles. The standard InChI is InChI=1S/C15H21N3O2/c19-15-18(14-13(20-15)7-4-8-17-14)10-9-16-11-12-5-2-1-3-6-12/h4,7-8,12,16H,1-3,5-6,9-11H2. The van der Waals surface area contributed by atoms with Crippen LogP contribution >= 0.6 is 0 Å². The highest BCUT2D eigenvalue weighted by molar-refractivity contribution is 5.67. The molecule has 5 nitrogen and oxygen atoms in total. The zero-order valence-electron chi connectivity index (χ0n) is 11.7. The van der Waals surface area contributed by atoms with Crippen molar-refractivity contribution in [2.75, 3.05) is 13.1 Å². The number of fused-ring (bicyclic) bond motifs is 1. The maximum Gasteiger partial charge on any atom is 0.421 e. The van der Waals surface area contributed by atoms with Gasteiger partial charge in [-0.05, 0) is 37.4 Å². The molecule has 0 radical (unpaired) electrons. The Bertz CT molecular complexity index is 611. The van der Waals surface area contributed by atoms with Gasteiger partial charge in [0, 0.05) is 19.3 Å². The molecule has 5 heteroatoms. The molecule has 20 heavy (non-hydrogen) atoms. The lowest BCUT2D eigenvalue weighted by Gasteiger charge is -2.21. The zero-order valence-corrected chi connectivity index (χ0v) is 11.7. The molecule has 0 amide bonds. The molecular formula is C15H21N3O2. The minimum Gasteiger partial charge on any atom is -0.406 e. The molecule has 0 aliphatic heterocycles. The molecule has 0 aromatic carbocycles. The summed E-state index contributed by atoms with van der Waals surface area (Å²) in [6.45, 7) is 2.44.